The third-order valence-electron chi connectivity index (χ3n) is 6.69. The van der Waals surface area contributed by atoms with Crippen LogP contribution in [0.1, 0.15) is 0 Å². The molecule has 0 bridgehead atoms. The predicted octanol–water partition coefficient (Wildman–Crippen LogP) is 3.18. The van der Waals surface area contributed by atoms with E-state index in [1.807, 2.05) is 23.0 Å². The van der Waals surface area contributed by atoms with E-state index in [4.69, 9.17) is 5.11 Å². The summed E-state index contributed by atoms with van der Waals surface area (Å²) < 4.78 is 29.6. The van der Waals surface area contributed by atoms with E-state index in [0.717, 1.165) is 29.0 Å². The van der Waals surface area contributed by atoms with Gasteiger partial charge in [0.2, 0.25) is 5.13 Å². The molecule has 1 saturated heterocycles. The maximum atomic E-state index is 12.7. The lowest BCUT2D eigenvalue weighted by molar-refractivity contribution is 0.103. The number of amides is 1. The Bertz CT molecular complexity index is 1820. The van der Waals surface area contributed by atoms with Crippen molar-refractivity contribution in [3.05, 3.63) is 67.1 Å². The minimum atomic E-state index is -3.88. The highest BCUT2D eigenvalue weighted by molar-refractivity contribution is 7.94. The zero-order chi connectivity index (χ0) is 29.1. The summed E-state index contributed by atoms with van der Waals surface area (Å²) in [5, 5.41) is 24.7. The number of para-hydroxylation sites is 1. The number of anilines is 3. The molecule has 42 heavy (non-hydrogen) atoms. The number of carbonyl (C=O) groups is 1. The van der Waals surface area contributed by atoms with Gasteiger partial charge in [-0.05, 0) is 30.3 Å². The molecule has 5 heterocycles. The second-order valence-electron chi connectivity index (χ2n) is 9.53. The minimum Gasteiger partial charge on any atom is -0.465 e. The second kappa shape index (κ2) is 11.7. The number of rotatable bonds is 9. The SMILES string of the molecule is O=C(O)N1CCN(CCn2cc(-c3cnc4ccc(Nc5nnc(S(=O)(=O)Nc6ccccc6)s5)nc4c3)cn2)CC1. The smallest absolute Gasteiger partial charge is 0.407 e. The first-order valence-electron chi connectivity index (χ1n) is 13.0. The lowest BCUT2D eigenvalue weighted by Crippen LogP contribution is -2.48. The van der Waals surface area contributed by atoms with E-state index >= 15 is 0 Å². The fraction of sp³-hybridized carbons (Fsp3) is 0.231. The summed E-state index contributed by atoms with van der Waals surface area (Å²) in [5.41, 5.74) is 3.52. The summed E-state index contributed by atoms with van der Waals surface area (Å²) in [5.74, 6) is 0.469. The third-order valence-corrected chi connectivity index (χ3v) is 9.28. The highest BCUT2D eigenvalue weighted by Gasteiger charge is 2.21. The van der Waals surface area contributed by atoms with E-state index in [1.54, 1.807) is 48.8 Å². The van der Waals surface area contributed by atoms with Crippen LogP contribution >= 0.6 is 11.3 Å². The van der Waals surface area contributed by atoms with E-state index in [0.29, 0.717) is 55.3 Å². The van der Waals surface area contributed by atoms with Gasteiger partial charge in [0.05, 0.1) is 23.8 Å². The number of nitrogens with zero attached hydrogens (tertiary/aromatic N) is 8. The van der Waals surface area contributed by atoms with Crippen molar-refractivity contribution in [1.29, 1.82) is 0 Å². The molecule has 4 aromatic heterocycles. The van der Waals surface area contributed by atoms with Crippen LogP contribution in [0.4, 0.5) is 21.4 Å². The number of aromatic nitrogens is 6. The average molecular weight is 607 g/mol. The highest BCUT2D eigenvalue weighted by atomic mass is 32.2. The molecule has 0 aliphatic carbocycles. The molecule has 0 unspecified atom stereocenters. The van der Waals surface area contributed by atoms with Gasteiger partial charge in [0.15, 0.2) is 0 Å². The molecule has 0 spiro atoms. The molecule has 3 N–H and O–H groups in total. The Morgan fingerprint density at radius 1 is 0.952 bits per heavy atom. The van der Waals surface area contributed by atoms with Gasteiger partial charge in [-0.3, -0.25) is 19.3 Å². The normalized spacial score (nSPS) is 14.2. The minimum absolute atomic E-state index is 0.168. The van der Waals surface area contributed by atoms with Crippen molar-refractivity contribution in [3.8, 4) is 11.1 Å². The Balaban J connectivity index is 1.11. The van der Waals surface area contributed by atoms with Gasteiger partial charge in [0.1, 0.15) is 5.82 Å². The molecule has 1 amide bonds. The number of sulfonamides is 1. The number of nitrogens with one attached hydrogen (secondary N) is 2. The van der Waals surface area contributed by atoms with Crippen LogP contribution in [0, 0.1) is 0 Å². The molecule has 216 valence electrons. The number of piperazine rings is 1. The second-order valence-corrected chi connectivity index (χ2v) is 12.4. The lowest BCUT2D eigenvalue weighted by Gasteiger charge is -2.32. The fourth-order valence-corrected chi connectivity index (χ4v) is 6.43. The van der Waals surface area contributed by atoms with Crippen molar-refractivity contribution >= 4 is 55.1 Å². The summed E-state index contributed by atoms with van der Waals surface area (Å²) in [6, 6.07) is 14.0. The van der Waals surface area contributed by atoms with Crippen molar-refractivity contribution < 1.29 is 18.3 Å². The van der Waals surface area contributed by atoms with E-state index in [9.17, 15) is 13.2 Å². The molecule has 5 aromatic rings. The molecular weight excluding hydrogens is 580 g/mol. The number of pyridine rings is 2. The highest BCUT2D eigenvalue weighted by Crippen LogP contribution is 2.27. The molecule has 1 fully saturated rings. The standard InChI is InChI=1S/C26H26N10O4S2/c37-26(38)35-11-8-34(9-12-35)10-13-36-17-19(16-28-36)18-14-22-21(27-15-18)6-7-23(29-22)30-24-31-32-25(41-24)42(39,40)33-20-4-2-1-3-5-20/h1-7,14-17,33H,8-13H2,(H,37,38)(H,29,30,31). The lowest BCUT2D eigenvalue weighted by atomic mass is 10.1. The Hall–Kier alpha value is -4.67. The van der Waals surface area contributed by atoms with E-state index in [-0.39, 0.29) is 9.47 Å². The molecule has 0 saturated carbocycles. The fourth-order valence-electron chi connectivity index (χ4n) is 4.46. The molecule has 1 aliphatic rings. The summed E-state index contributed by atoms with van der Waals surface area (Å²) in [6.45, 7) is 3.89. The first kappa shape index (κ1) is 27.5. The molecule has 0 radical (unpaired) electrons. The zero-order valence-corrected chi connectivity index (χ0v) is 23.8. The van der Waals surface area contributed by atoms with Crippen LogP contribution < -0.4 is 10.0 Å². The molecule has 16 heteroatoms. The van der Waals surface area contributed by atoms with Gasteiger partial charge in [-0.15, -0.1) is 10.2 Å². The van der Waals surface area contributed by atoms with Crippen molar-refractivity contribution in [1.82, 2.24) is 39.7 Å². The first-order valence-corrected chi connectivity index (χ1v) is 15.3. The van der Waals surface area contributed by atoms with Gasteiger partial charge < -0.3 is 15.3 Å². The summed E-state index contributed by atoms with van der Waals surface area (Å²) in [4.78, 5) is 23.9. The van der Waals surface area contributed by atoms with E-state index in [2.05, 4.69) is 40.2 Å². The van der Waals surface area contributed by atoms with E-state index < -0.39 is 16.1 Å². The van der Waals surface area contributed by atoms with Crippen molar-refractivity contribution in [3.63, 3.8) is 0 Å². The third kappa shape index (κ3) is 6.29. The molecule has 6 rings (SSSR count). The van der Waals surface area contributed by atoms with Crippen LogP contribution in [0.3, 0.4) is 0 Å². The van der Waals surface area contributed by atoms with Crippen LogP contribution in [-0.2, 0) is 16.6 Å². The van der Waals surface area contributed by atoms with Gasteiger partial charge in [-0.2, -0.15) is 13.5 Å². The number of fused-ring (bicyclic) bond motifs is 1. The van der Waals surface area contributed by atoms with Gasteiger partial charge in [-0.1, -0.05) is 29.5 Å². The Labute approximate surface area is 244 Å². The maximum absolute atomic E-state index is 12.7. The topological polar surface area (TPSA) is 171 Å². The molecular formula is C26H26N10O4S2. The largest absolute Gasteiger partial charge is 0.465 e. The Kier molecular flexibility index (Phi) is 7.64. The summed E-state index contributed by atoms with van der Waals surface area (Å²) >= 11 is 0.896. The van der Waals surface area contributed by atoms with Crippen molar-refractivity contribution in [2.24, 2.45) is 0 Å². The number of carboxylic acid groups (broad SMARTS) is 1. The summed E-state index contributed by atoms with van der Waals surface area (Å²) in [6.07, 6.45) is 4.63. The Morgan fingerprint density at radius 3 is 2.55 bits per heavy atom. The van der Waals surface area contributed by atoms with Crippen LogP contribution in [-0.4, -0.2) is 92.1 Å². The zero-order valence-electron chi connectivity index (χ0n) is 22.2. The predicted molar refractivity (Wildman–Crippen MR) is 157 cm³/mol. The number of hydrogen-bond donors (Lipinski definition) is 3. The van der Waals surface area contributed by atoms with Crippen LogP contribution in [0.25, 0.3) is 22.2 Å². The average Bonchev–Trinajstić information content (AvgIpc) is 3.67. The monoisotopic (exact) mass is 606 g/mol. The first-order chi connectivity index (χ1) is 20.3. The van der Waals surface area contributed by atoms with Gasteiger partial charge in [-0.25, -0.2) is 9.78 Å². The van der Waals surface area contributed by atoms with Crippen molar-refractivity contribution in [2.75, 3.05) is 42.8 Å². The molecule has 0 atom stereocenters. The van der Waals surface area contributed by atoms with E-state index in [1.165, 1.54) is 4.90 Å². The number of benzene rings is 1. The Morgan fingerprint density at radius 2 is 1.76 bits per heavy atom. The van der Waals surface area contributed by atoms with Gasteiger partial charge >= 0.3 is 6.09 Å². The number of hydrogen-bond acceptors (Lipinski definition) is 11. The molecule has 14 nitrogen and oxygen atoms in total. The van der Waals surface area contributed by atoms with Crippen LogP contribution in [0.5, 0.6) is 0 Å². The quantitative estimate of drug-likeness (QED) is 0.225. The molecule has 1 aromatic carbocycles. The van der Waals surface area contributed by atoms with Crippen molar-refractivity contribution in [2.45, 2.75) is 10.9 Å². The summed E-state index contributed by atoms with van der Waals surface area (Å²) in [7, 11) is -3.88. The van der Waals surface area contributed by atoms with Crippen LogP contribution in [0.2, 0.25) is 0 Å². The maximum Gasteiger partial charge on any atom is 0.407 e. The molecule has 1 aliphatic heterocycles. The van der Waals surface area contributed by atoms with Crippen LogP contribution in [0.15, 0.2) is 71.5 Å². The van der Waals surface area contributed by atoms with Gasteiger partial charge in [0.25, 0.3) is 14.4 Å². The van der Waals surface area contributed by atoms with Gasteiger partial charge in [0, 0.05) is 61.9 Å².